The number of aryl methyl sites for hydroxylation is 4. The van der Waals surface area contributed by atoms with Gasteiger partial charge in [0.2, 0.25) is 0 Å². The van der Waals surface area contributed by atoms with Crippen LogP contribution >= 0.6 is 15.6 Å². The summed E-state index contributed by atoms with van der Waals surface area (Å²) in [5.74, 6) is 3.38. The van der Waals surface area contributed by atoms with Crippen molar-refractivity contribution in [3.05, 3.63) is 322 Å². The number of hydrogen-bond acceptors (Lipinski definition) is 8. The molecular weight excluding hydrogens is 1050 g/mol. The van der Waals surface area contributed by atoms with Gasteiger partial charge in [0.1, 0.15) is 34.5 Å². The second-order valence-electron chi connectivity index (χ2n) is 20.7. The first-order valence-electron chi connectivity index (χ1n) is 27.7. The van der Waals surface area contributed by atoms with Gasteiger partial charge in [0, 0.05) is 23.7 Å². The summed E-state index contributed by atoms with van der Waals surface area (Å²) in [7, 11) is -8.27. The molecule has 4 unspecified atom stereocenters. The first kappa shape index (κ1) is 58.1. The van der Waals surface area contributed by atoms with Crippen molar-refractivity contribution >= 4 is 15.6 Å². The van der Waals surface area contributed by atoms with Gasteiger partial charge in [-0.2, -0.15) is 9.13 Å². The van der Waals surface area contributed by atoms with Crippen molar-refractivity contribution < 1.29 is 36.3 Å². The molecule has 0 saturated carbocycles. The van der Waals surface area contributed by atoms with Gasteiger partial charge in [-0.1, -0.05) is 234 Å². The van der Waals surface area contributed by atoms with Crippen LogP contribution in [0.5, 0.6) is 34.5 Å². The van der Waals surface area contributed by atoms with Crippen molar-refractivity contribution in [3.63, 3.8) is 0 Å². The first-order chi connectivity index (χ1) is 39.6. The molecular formula is C72H70O8P2. The third-order valence-electron chi connectivity index (χ3n) is 14.7. The summed E-state index contributed by atoms with van der Waals surface area (Å²) in [6.45, 7) is 16.5. The standard InChI is InChI=1S/C38H39O4P.C34H31O4P/c1-26-22-34(30(5)32-16-10-7-11-17-32)23-27(2)37(26)41-43(39,40-36-20-14-9-15-21-36)42-38-28(3)24-35(25-29(38)4)31(6)33-18-12-8-13-19-33;1-26(28-12-6-3-7-13-28)30-18-22-33(23-19-30)37-39(35,36-32-16-10-5-11-17-32)38-34-24-20-31(21-25-34)27(2)29-14-8-4-9-15-29/h7-25,30-31H,1-6H3;3-27H,1-2H3. The van der Waals surface area contributed by atoms with Gasteiger partial charge in [-0.3, -0.25) is 0 Å². The van der Waals surface area contributed by atoms with Gasteiger partial charge >= 0.3 is 15.6 Å². The maximum Gasteiger partial charge on any atom is 0.647 e. The van der Waals surface area contributed by atoms with Gasteiger partial charge in [-0.15, -0.1) is 0 Å². The first-order valence-corrected chi connectivity index (χ1v) is 30.6. The maximum absolute atomic E-state index is 14.5. The zero-order valence-electron chi connectivity index (χ0n) is 47.7. The van der Waals surface area contributed by atoms with Gasteiger partial charge in [-0.05, 0) is 143 Å². The number of phosphoric ester groups is 2. The molecule has 4 atom stereocenters. The lowest BCUT2D eigenvalue weighted by molar-refractivity contribution is 0.295. The third-order valence-corrected chi connectivity index (χ3v) is 17.2. The predicted molar refractivity (Wildman–Crippen MR) is 332 cm³/mol. The Balaban J connectivity index is 0.000000198. The van der Waals surface area contributed by atoms with Crippen LogP contribution in [0.15, 0.2) is 255 Å². The predicted octanol–water partition coefficient (Wildman–Crippen LogP) is 20.5. The lowest BCUT2D eigenvalue weighted by Crippen LogP contribution is -2.11. The van der Waals surface area contributed by atoms with Crippen LogP contribution in [0, 0.1) is 27.7 Å². The molecule has 0 amide bonds. The quantitative estimate of drug-likeness (QED) is 0.0698. The van der Waals surface area contributed by atoms with E-state index in [9.17, 15) is 9.13 Å². The highest BCUT2D eigenvalue weighted by Crippen LogP contribution is 2.54. The van der Waals surface area contributed by atoms with Crippen LogP contribution in [0.25, 0.3) is 0 Å². The van der Waals surface area contributed by atoms with E-state index in [2.05, 4.69) is 125 Å². The summed E-state index contributed by atoms with van der Waals surface area (Å²) < 4.78 is 64.7. The Hall–Kier alpha value is -8.54. The molecule has 416 valence electrons. The molecule has 0 aliphatic carbocycles. The molecule has 10 rings (SSSR count). The Morgan fingerprint density at radius 1 is 0.244 bits per heavy atom. The van der Waals surface area contributed by atoms with Crippen molar-refractivity contribution in [1.29, 1.82) is 0 Å². The Kier molecular flexibility index (Phi) is 19.0. The Morgan fingerprint density at radius 3 is 0.695 bits per heavy atom. The van der Waals surface area contributed by atoms with Crippen LogP contribution in [-0.4, -0.2) is 0 Å². The van der Waals surface area contributed by atoms with E-state index in [1.807, 2.05) is 125 Å². The third kappa shape index (κ3) is 15.1. The topological polar surface area (TPSA) is 89.5 Å². The highest BCUT2D eigenvalue weighted by Gasteiger charge is 2.37. The SMILES string of the molecule is CC(c1ccccc1)c1ccc(OP(=O)(Oc2ccccc2)Oc2ccc(C(C)c3ccccc3)cc2)cc1.Cc1cc(C(C)c2ccccc2)cc(C)c1OP(=O)(Oc1ccccc1)Oc1c(C)cc(C(C)c2ccccc2)cc1C. The van der Waals surface area contributed by atoms with Gasteiger partial charge in [0.25, 0.3) is 0 Å². The summed E-state index contributed by atoms with van der Waals surface area (Å²) in [5, 5.41) is 0. The van der Waals surface area contributed by atoms with E-state index in [-0.39, 0.29) is 23.7 Å². The van der Waals surface area contributed by atoms with E-state index >= 15 is 0 Å². The molecule has 0 fully saturated rings. The smallest absolute Gasteiger partial charge is 0.386 e. The Bertz CT molecular complexity index is 3490. The molecule has 0 aliphatic heterocycles. The molecule has 8 nitrogen and oxygen atoms in total. The molecule has 0 spiro atoms. The lowest BCUT2D eigenvalue weighted by Gasteiger charge is -2.24. The van der Waals surface area contributed by atoms with Crippen LogP contribution in [0.3, 0.4) is 0 Å². The van der Waals surface area contributed by atoms with E-state index in [1.165, 1.54) is 22.3 Å². The molecule has 0 bridgehead atoms. The van der Waals surface area contributed by atoms with Crippen molar-refractivity contribution in [2.45, 2.75) is 79.1 Å². The molecule has 0 radical (unpaired) electrons. The van der Waals surface area contributed by atoms with Gasteiger partial charge < -0.3 is 27.1 Å². The molecule has 10 heteroatoms. The van der Waals surface area contributed by atoms with Crippen molar-refractivity contribution in [3.8, 4) is 34.5 Å². The summed E-state index contributed by atoms with van der Waals surface area (Å²) in [6.07, 6.45) is 0. The molecule has 0 aromatic heterocycles. The summed E-state index contributed by atoms with van der Waals surface area (Å²) >= 11 is 0. The van der Waals surface area contributed by atoms with E-state index < -0.39 is 15.6 Å². The zero-order valence-corrected chi connectivity index (χ0v) is 49.5. The second-order valence-corrected chi connectivity index (χ2v) is 23.6. The van der Waals surface area contributed by atoms with Gasteiger partial charge in [-0.25, -0.2) is 0 Å². The average molecular weight is 1130 g/mol. The summed E-state index contributed by atoms with van der Waals surface area (Å²) in [5.41, 5.74) is 12.9. The Morgan fingerprint density at radius 2 is 0.439 bits per heavy atom. The van der Waals surface area contributed by atoms with E-state index in [4.69, 9.17) is 27.1 Å². The van der Waals surface area contributed by atoms with Crippen LogP contribution in [0.1, 0.15) is 118 Å². The van der Waals surface area contributed by atoms with Crippen molar-refractivity contribution in [2.24, 2.45) is 0 Å². The fourth-order valence-corrected chi connectivity index (χ4v) is 12.7. The van der Waals surface area contributed by atoms with E-state index in [0.717, 1.165) is 44.5 Å². The maximum atomic E-state index is 14.5. The Labute approximate surface area is 484 Å². The van der Waals surface area contributed by atoms with Gasteiger partial charge in [0.05, 0.1) is 0 Å². The van der Waals surface area contributed by atoms with Crippen molar-refractivity contribution in [1.82, 2.24) is 0 Å². The second kappa shape index (κ2) is 26.8. The lowest BCUT2D eigenvalue weighted by atomic mass is 9.91. The van der Waals surface area contributed by atoms with E-state index in [1.54, 1.807) is 60.7 Å². The van der Waals surface area contributed by atoms with E-state index in [0.29, 0.717) is 34.5 Å². The minimum absolute atomic E-state index is 0.193. The zero-order chi connectivity index (χ0) is 57.6. The average Bonchev–Trinajstić information content (AvgIpc) is 3.52. The molecule has 0 aliphatic rings. The summed E-state index contributed by atoms with van der Waals surface area (Å²) in [6, 6.07) is 82.7. The molecule has 10 aromatic carbocycles. The fraction of sp³-hybridized carbons (Fsp3) is 0.167. The highest BCUT2D eigenvalue weighted by molar-refractivity contribution is 7.50. The molecule has 0 saturated heterocycles. The minimum Gasteiger partial charge on any atom is -0.386 e. The highest BCUT2D eigenvalue weighted by atomic mass is 31.2. The largest absolute Gasteiger partial charge is 0.647 e. The summed E-state index contributed by atoms with van der Waals surface area (Å²) in [4.78, 5) is 0. The number of phosphoric acid groups is 2. The van der Waals surface area contributed by atoms with Crippen LogP contribution in [0.4, 0.5) is 0 Å². The molecule has 10 aromatic rings. The fourth-order valence-electron chi connectivity index (χ4n) is 9.94. The number of benzene rings is 10. The molecule has 0 heterocycles. The normalized spacial score (nSPS) is 14.0. The van der Waals surface area contributed by atoms with Crippen LogP contribution in [-0.2, 0) is 9.13 Å². The van der Waals surface area contributed by atoms with Gasteiger partial charge in [0.15, 0.2) is 0 Å². The molecule has 82 heavy (non-hydrogen) atoms. The number of hydrogen-bond donors (Lipinski definition) is 0. The van der Waals surface area contributed by atoms with Crippen LogP contribution < -0.4 is 27.1 Å². The monoisotopic (exact) mass is 1120 g/mol. The molecule has 0 N–H and O–H groups in total. The van der Waals surface area contributed by atoms with Crippen LogP contribution in [0.2, 0.25) is 0 Å². The number of para-hydroxylation sites is 2. The van der Waals surface area contributed by atoms with Crippen molar-refractivity contribution in [2.75, 3.05) is 0 Å². The minimum atomic E-state index is -4.19. The number of rotatable bonds is 20.